The van der Waals surface area contributed by atoms with Gasteiger partial charge in [0.1, 0.15) is 22.8 Å². The third kappa shape index (κ3) is 4.74. The van der Waals surface area contributed by atoms with E-state index in [1.807, 2.05) is 34.6 Å². The molecule has 0 atom stereocenters. The second kappa shape index (κ2) is 8.84. The van der Waals surface area contributed by atoms with Gasteiger partial charge in [0.15, 0.2) is 12.0 Å². The average molecular weight is 424 g/mol. The number of aromatic hydroxyl groups is 1. The Kier molecular flexibility index (Phi) is 6.39. The zero-order valence-corrected chi connectivity index (χ0v) is 18.7. The second-order valence-corrected chi connectivity index (χ2v) is 8.44. The number of amides is 1. The van der Waals surface area contributed by atoms with E-state index < -0.39 is 5.41 Å². The Morgan fingerprint density at radius 1 is 1.06 bits per heavy atom. The van der Waals surface area contributed by atoms with Crippen molar-refractivity contribution in [3.8, 4) is 22.8 Å². The molecule has 3 rings (SSSR count). The summed E-state index contributed by atoms with van der Waals surface area (Å²) in [4.78, 5) is 27.3. The van der Waals surface area contributed by atoms with Crippen LogP contribution in [0.15, 0.2) is 51.7 Å². The summed E-state index contributed by atoms with van der Waals surface area (Å²) in [7, 11) is 0. The lowest BCUT2D eigenvalue weighted by molar-refractivity contribution is -0.132. The highest BCUT2D eigenvalue weighted by Crippen LogP contribution is 2.34. The normalized spacial score (nSPS) is 11.5. The van der Waals surface area contributed by atoms with Gasteiger partial charge in [0.25, 0.3) is 5.91 Å². The maximum Gasteiger partial charge on any atom is 0.260 e. The first-order chi connectivity index (χ1) is 14.7. The molecular weight excluding hydrogens is 394 g/mol. The van der Waals surface area contributed by atoms with Crippen molar-refractivity contribution in [3.63, 3.8) is 0 Å². The fraction of sp³-hybridized carbons (Fsp3) is 0.360. The Labute approximate surface area is 182 Å². The number of likely N-dealkylation sites (N-methyl/N-ethyl adjacent to an activating group) is 1. The Hall–Kier alpha value is -3.28. The van der Waals surface area contributed by atoms with Crippen LogP contribution in [0, 0.1) is 0 Å². The highest BCUT2D eigenvalue weighted by Gasteiger charge is 2.26. The van der Waals surface area contributed by atoms with Crippen LogP contribution >= 0.6 is 0 Å². The number of fused-ring (bicyclic) bond motifs is 1. The topological polar surface area (TPSA) is 80.0 Å². The molecule has 6 nitrogen and oxygen atoms in total. The predicted molar refractivity (Wildman–Crippen MR) is 122 cm³/mol. The van der Waals surface area contributed by atoms with E-state index in [4.69, 9.17) is 9.15 Å². The van der Waals surface area contributed by atoms with Gasteiger partial charge in [-0.25, -0.2) is 0 Å². The van der Waals surface area contributed by atoms with Gasteiger partial charge in [-0.2, -0.15) is 0 Å². The van der Waals surface area contributed by atoms with E-state index in [1.54, 1.807) is 47.4 Å². The third-order valence-corrected chi connectivity index (χ3v) is 5.22. The molecular formula is C25H29NO5. The fourth-order valence-corrected chi connectivity index (χ4v) is 3.57. The van der Waals surface area contributed by atoms with Crippen LogP contribution in [0.2, 0.25) is 0 Å². The van der Waals surface area contributed by atoms with Crippen molar-refractivity contribution in [1.82, 2.24) is 4.90 Å². The molecule has 0 fully saturated rings. The molecule has 0 unspecified atom stereocenters. The lowest BCUT2D eigenvalue weighted by atomic mass is 9.84. The SMILES string of the molecule is CCN(CC)C(=O)COc1ccc2c(=O)c(C(C)(C)C)c(-c3ccc(O)cc3)oc2c1. The zero-order valence-electron chi connectivity index (χ0n) is 18.7. The van der Waals surface area contributed by atoms with Gasteiger partial charge in [-0.1, -0.05) is 20.8 Å². The molecule has 6 heteroatoms. The summed E-state index contributed by atoms with van der Waals surface area (Å²) in [6.07, 6.45) is 0. The molecule has 0 spiro atoms. The van der Waals surface area contributed by atoms with Gasteiger partial charge in [-0.3, -0.25) is 9.59 Å². The van der Waals surface area contributed by atoms with Crippen molar-refractivity contribution >= 4 is 16.9 Å². The van der Waals surface area contributed by atoms with Crippen LogP contribution in [0.4, 0.5) is 0 Å². The summed E-state index contributed by atoms with van der Waals surface area (Å²) in [5, 5.41) is 10.1. The number of phenolic OH excluding ortho intramolecular Hbond substituents is 1. The number of hydrogen-bond donors (Lipinski definition) is 1. The molecule has 1 N–H and O–H groups in total. The Morgan fingerprint density at radius 3 is 2.29 bits per heavy atom. The molecule has 164 valence electrons. The summed E-state index contributed by atoms with van der Waals surface area (Å²) in [5.74, 6) is 0.954. The van der Waals surface area contributed by atoms with Crippen molar-refractivity contribution in [1.29, 1.82) is 0 Å². The molecule has 0 aliphatic rings. The molecule has 1 aromatic heterocycles. The van der Waals surface area contributed by atoms with E-state index in [0.717, 1.165) is 0 Å². The lowest BCUT2D eigenvalue weighted by Crippen LogP contribution is -2.34. The fourth-order valence-electron chi connectivity index (χ4n) is 3.57. The van der Waals surface area contributed by atoms with Crippen molar-refractivity contribution in [2.75, 3.05) is 19.7 Å². The number of benzene rings is 2. The van der Waals surface area contributed by atoms with Crippen LogP contribution in [0.25, 0.3) is 22.3 Å². The second-order valence-electron chi connectivity index (χ2n) is 8.44. The molecule has 0 aliphatic carbocycles. The number of rotatable bonds is 6. The number of hydrogen-bond acceptors (Lipinski definition) is 5. The number of ether oxygens (including phenoxy) is 1. The minimum absolute atomic E-state index is 0.0810. The molecule has 2 aromatic carbocycles. The maximum absolute atomic E-state index is 13.4. The molecule has 0 radical (unpaired) electrons. The first-order valence-electron chi connectivity index (χ1n) is 10.5. The van der Waals surface area contributed by atoms with Crippen LogP contribution in [-0.2, 0) is 10.2 Å². The summed E-state index contributed by atoms with van der Waals surface area (Å²) < 4.78 is 11.9. The quantitative estimate of drug-likeness (QED) is 0.621. The first-order valence-corrected chi connectivity index (χ1v) is 10.5. The van der Waals surface area contributed by atoms with E-state index in [-0.39, 0.29) is 23.7 Å². The maximum atomic E-state index is 13.4. The van der Waals surface area contributed by atoms with E-state index in [2.05, 4.69) is 0 Å². The van der Waals surface area contributed by atoms with Crippen LogP contribution < -0.4 is 10.2 Å². The average Bonchev–Trinajstić information content (AvgIpc) is 2.72. The summed E-state index contributed by atoms with van der Waals surface area (Å²) in [5.41, 5.74) is 1.09. The number of nitrogens with zero attached hydrogens (tertiary/aromatic N) is 1. The standard InChI is InChI=1S/C25H29NO5/c1-6-26(7-2)21(28)15-30-18-12-13-19-20(14-18)31-24(16-8-10-17(27)11-9-16)22(23(19)29)25(3,4)5/h8-14,27H,6-7,15H2,1-5H3. The van der Waals surface area contributed by atoms with E-state index in [1.165, 1.54) is 0 Å². The largest absolute Gasteiger partial charge is 0.508 e. The van der Waals surface area contributed by atoms with Crippen LogP contribution in [0.5, 0.6) is 11.5 Å². The summed E-state index contributed by atoms with van der Waals surface area (Å²) in [6, 6.07) is 11.6. The van der Waals surface area contributed by atoms with Crippen molar-refractivity contribution in [3.05, 3.63) is 58.3 Å². The van der Waals surface area contributed by atoms with Crippen molar-refractivity contribution in [2.24, 2.45) is 0 Å². The molecule has 1 amide bonds. The summed E-state index contributed by atoms with van der Waals surface area (Å²) in [6.45, 7) is 10.9. The Morgan fingerprint density at radius 2 is 1.71 bits per heavy atom. The zero-order chi connectivity index (χ0) is 22.8. The molecule has 0 bridgehead atoms. The van der Waals surface area contributed by atoms with Gasteiger partial charge in [0.2, 0.25) is 0 Å². The smallest absolute Gasteiger partial charge is 0.260 e. The van der Waals surface area contributed by atoms with Gasteiger partial charge < -0.3 is 19.2 Å². The minimum Gasteiger partial charge on any atom is -0.508 e. The number of carbonyl (C=O) groups excluding carboxylic acids is 1. The van der Waals surface area contributed by atoms with Gasteiger partial charge in [-0.05, 0) is 55.7 Å². The highest BCUT2D eigenvalue weighted by atomic mass is 16.5. The van der Waals surface area contributed by atoms with Crippen LogP contribution in [0.1, 0.15) is 40.2 Å². The molecule has 0 saturated heterocycles. The molecule has 0 saturated carbocycles. The summed E-state index contributed by atoms with van der Waals surface area (Å²) >= 11 is 0. The molecule has 31 heavy (non-hydrogen) atoms. The molecule has 3 aromatic rings. The lowest BCUT2D eigenvalue weighted by Gasteiger charge is -2.22. The number of phenols is 1. The van der Waals surface area contributed by atoms with E-state index in [0.29, 0.717) is 46.7 Å². The Bertz CT molecular complexity index is 1140. The first kappa shape index (κ1) is 22.4. The molecule has 0 aliphatic heterocycles. The van der Waals surface area contributed by atoms with Crippen LogP contribution in [-0.4, -0.2) is 35.6 Å². The monoisotopic (exact) mass is 423 g/mol. The predicted octanol–water partition coefficient (Wildman–Crippen LogP) is 4.71. The van der Waals surface area contributed by atoms with Gasteiger partial charge in [-0.15, -0.1) is 0 Å². The van der Waals surface area contributed by atoms with Crippen LogP contribution in [0.3, 0.4) is 0 Å². The highest BCUT2D eigenvalue weighted by molar-refractivity contribution is 5.83. The Balaban J connectivity index is 2.07. The van der Waals surface area contributed by atoms with Gasteiger partial charge in [0, 0.05) is 30.3 Å². The molecule has 1 heterocycles. The number of carbonyl (C=O) groups is 1. The van der Waals surface area contributed by atoms with Crippen molar-refractivity contribution in [2.45, 2.75) is 40.0 Å². The van der Waals surface area contributed by atoms with E-state index >= 15 is 0 Å². The van der Waals surface area contributed by atoms with Crippen molar-refractivity contribution < 1.29 is 19.1 Å². The van der Waals surface area contributed by atoms with Gasteiger partial charge >= 0.3 is 0 Å². The van der Waals surface area contributed by atoms with E-state index in [9.17, 15) is 14.7 Å². The third-order valence-electron chi connectivity index (χ3n) is 5.22. The van der Waals surface area contributed by atoms with Gasteiger partial charge in [0.05, 0.1) is 5.39 Å². The minimum atomic E-state index is -0.451.